The first kappa shape index (κ1) is 27.7. The van der Waals surface area contributed by atoms with E-state index in [2.05, 4.69) is 15.6 Å². The van der Waals surface area contributed by atoms with Gasteiger partial charge in [0.15, 0.2) is 17.2 Å². The predicted molar refractivity (Wildman–Crippen MR) is 136 cm³/mol. The van der Waals surface area contributed by atoms with Gasteiger partial charge in [-0.1, -0.05) is 0 Å². The number of rotatable bonds is 9. The van der Waals surface area contributed by atoms with Gasteiger partial charge in [-0.05, 0) is 68.4 Å². The van der Waals surface area contributed by atoms with Crippen molar-refractivity contribution in [3.63, 3.8) is 0 Å². The summed E-state index contributed by atoms with van der Waals surface area (Å²) in [5.41, 5.74) is -3.64. The van der Waals surface area contributed by atoms with Crippen molar-refractivity contribution in [1.82, 2.24) is 15.6 Å². The van der Waals surface area contributed by atoms with Gasteiger partial charge in [0.05, 0.1) is 31.5 Å². The molecule has 2 atom stereocenters. The second-order valence-electron chi connectivity index (χ2n) is 9.66. The van der Waals surface area contributed by atoms with Gasteiger partial charge >= 0.3 is 6.18 Å². The number of aliphatic hydroxyl groups is 1. The summed E-state index contributed by atoms with van der Waals surface area (Å²) in [5.74, 6) is -0.499. The molecule has 0 radical (unpaired) electrons. The third-order valence-electron chi connectivity index (χ3n) is 6.88. The summed E-state index contributed by atoms with van der Waals surface area (Å²) in [6, 6.07) is 9.91. The van der Waals surface area contributed by atoms with Crippen molar-refractivity contribution in [3.8, 4) is 28.5 Å². The molecule has 3 aromatic rings. The highest BCUT2D eigenvalue weighted by atomic mass is 19.4. The lowest BCUT2D eigenvalue weighted by molar-refractivity contribution is -0.265. The Hall–Kier alpha value is -3.90. The molecule has 1 aliphatic carbocycles. The molecule has 0 spiro atoms. The summed E-state index contributed by atoms with van der Waals surface area (Å²) < 4.78 is 73.7. The van der Waals surface area contributed by atoms with Crippen LogP contribution in [0.1, 0.15) is 40.5 Å². The highest BCUT2D eigenvalue weighted by molar-refractivity contribution is 5.95. The van der Waals surface area contributed by atoms with Crippen molar-refractivity contribution in [2.75, 3.05) is 27.3 Å². The maximum atomic E-state index is 14.5. The first-order valence-electron chi connectivity index (χ1n) is 12.6. The molecule has 2 aliphatic rings. The van der Waals surface area contributed by atoms with Crippen molar-refractivity contribution >= 4 is 5.91 Å². The number of likely N-dealkylation sites (N-methyl/N-ethyl adjacent to an activating group) is 1. The number of benzene rings is 2. The van der Waals surface area contributed by atoms with Gasteiger partial charge < -0.3 is 30.0 Å². The van der Waals surface area contributed by atoms with Gasteiger partial charge in [0.25, 0.3) is 5.91 Å². The molecule has 8 nitrogen and oxygen atoms in total. The average Bonchev–Trinajstić information content (AvgIpc) is 3.66. The summed E-state index contributed by atoms with van der Waals surface area (Å²) >= 11 is 0. The first-order valence-corrected chi connectivity index (χ1v) is 12.6. The van der Waals surface area contributed by atoms with Crippen LogP contribution in [-0.2, 0) is 5.60 Å². The lowest BCUT2D eigenvalue weighted by atomic mass is 9.93. The summed E-state index contributed by atoms with van der Waals surface area (Å²) in [6.45, 7) is -1.10. The molecule has 1 fully saturated rings. The van der Waals surface area contributed by atoms with Crippen molar-refractivity contribution < 1.29 is 41.7 Å². The molecule has 12 heteroatoms. The molecule has 40 heavy (non-hydrogen) atoms. The van der Waals surface area contributed by atoms with Crippen LogP contribution in [0.4, 0.5) is 17.6 Å². The second-order valence-corrected chi connectivity index (χ2v) is 9.66. The number of alkyl halides is 3. The molecule has 3 N–H and O–H groups in total. The van der Waals surface area contributed by atoms with E-state index in [1.54, 1.807) is 7.05 Å². The predicted octanol–water partition coefficient (Wildman–Crippen LogP) is 4.27. The Morgan fingerprint density at radius 1 is 1.12 bits per heavy atom. The molecule has 212 valence electrons. The molecule has 2 unspecified atom stereocenters. The normalized spacial score (nSPS) is 17.9. The highest BCUT2D eigenvalue weighted by Gasteiger charge is 2.57. The van der Waals surface area contributed by atoms with E-state index in [9.17, 15) is 27.5 Å². The van der Waals surface area contributed by atoms with Crippen LogP contribution < -0.4 is 24.8 Å². The Bertz CT molecular complexity index is 1410. The van der Waals surface area contributed by atoms with Crippen LogP contribution in [0.2, 0.25) is 0 Å². The topological polar surface area (TPSA) is 102 Å². The van der Waals surface area contributed by atoms with Gasteiger partial charge in [0.2, 0.25) is 5.60 Å². The number of aromatic nitrogens is 1. The number of pyridine rings is 1. The largest absolute Gasteiger partial charge is 0.493 e. The molecule has 1 aliphatic heterocycles. The number of carbonyl (C=O) groups excluding carboxylic acids is 1. The van der Waals surface area contributed by atoms with E-state index in [-0.39, 0.29) is 35.5 Å². The van der Waals surface area contributed by atoms with Crippen molar-refractivity contribution in [2.45, 2.75) is 36.8 Å². The Kier molecular flexibility index (Phi) is 7.32. The van der Waals surface area contributed by atoms with E-state index in [1.807, 2.05) is 0 Å². The maximum absolute atomic E-state index is 14.5. The SMILES string of the molecule is CNC1COc2c1cc(C(O)(CNC(=O)c1ccc(OC3CC3)c(OC)c1)C(F)(F)F)nc2-c1ccc(F)cc1. The number of hydrogen-bond acceptors (Lipinski definition) is 7. The van der Waals surface area contributed by atoms with Crippen LogP contribution in [0.5, 0.6) is 17.2 Å². The van der Waals surface area contributed by atoms with Crippen LogP contribution in [0.15, 0.2) is 48.5 Å². The van der Waals surface area contributed by atoms with E-state index in [1.165, 1.54) is 37.4 Å². The van der Waals surface area contributed by atoms with Crippen molar-refractivity contribution in [1.29, 1.82) is 0 Å². The van der Waals surface area contributed by atoms with Crippen molar-refractivity contribution in [2.24, 2.45) is 0 Å². The van der Waals surface area contributed by atoms with Gasteiger partial charge in [-0.15, -0.1) is 0 Å². The van der Waals surface area contributed by atoms with E-state index in [0.717, 1.165) is 31.0 Å². The van der Waals surface area contributed by atoms with Gasteiger partial charge in [0.1, 0.15) is 18.1 Å². The molecule has 5 rings (SSSR count). The Balaban J connectivity index is 1.48. The number of halogens is 4. The number of carbonyl (C=O) groups is 1. The van der Waals surface area contributed by atoms with E-state index < -0.39 is 41.8 Å². The molecule has 0 bridgehead atoms. The third-order valence-corrected chi connectivity index (χ3v) is 6.88. The average molecular weight is 562 g/mol. The molecular formula is C28H27F4N3O5. The zero-order chi connectivity index (χ0) is 28.7. The van der Waals surface area contributed by atoms with Gasteiger partial charge in [-0.2, -0.15) is 13.2 Å². The fourth-order valence-corrected chi connectivity index (χ4v) is 4.39. The van der Waals surface area contributed by atoms with Gasteiger partial charge in [-0.3, -0.25) is 4.79 Å². The minimum atomic E-state index is -5.23. The van der Waals surface area contributed by atoms with Crippen LogP contribution in [0, 0.1) is 5.82 Å². The molecule has 0 saturated heterocycles. The molecular weight excluding hydrogens is 534 g/mol. The van der Waals surface area contributed by atoms with E-state index in [4.69, 9.17) is 14.2 Å². The van der Waals surface area contributed by atoms with Gasteiger partial charge in [-0.25, -0.2) is 9.37 Å². The van der Waals surface area contributed by atoms with Crippen LogP contribution in [0.3, 0.4) is 0 Å². The zero-order valence-electron chi connectivity index (χ0n) is 21.6. The third kappa shape index (κ3) is 5.28. The quantitative estimate of drug-likeness (QED) is 0.336. The fraction of sp³-hybridized carbons (Fsp3) is 0.357. The first-order chi connectivity index (χ1) is 19.0. The van der Waals surface area contributed by atoms with Crippen molar-refractivity contribution in [3.05, 3.63) is 71.2 Å². The summed E-state index contributed by atoms with van der Waals surface area (Å²) in [7, 11) is 3.01. The minimum Gasteiger partial charge on any atom is -0.493 e. The number of amides is 1. The number of ether oxygens (including phenoxy) is 3. The second kappa shape index (κ2) is 10.6. The number of hydrogen-bond donors (Lipinski definition) is 3. The Morgan fingerprint density at radius 3 is 2.48 bits per heavy atom. The number of methoxy groups -OCH3 is 1. The van der Waals surface area contributed by atoms with E-state index >= 15 is 0 Å². The smallest absolute Gasteiger partial charge is 0.424 e. The number of nitrogens with one attached hydrogen (secondary N) is 2. The monoisotopic (exact) mass is 561 g/mol. The van der Waals surface area contributed by atoms with Crippen LogP contribution in [-0.4, -0.2) is 55.6 Å². The summed E-state index contributed by atoms with van der Waals surface area (Å²) in [5, 5.41) is 16.3. The lowest BCUT2D eigenvalue weighted by Gasteiger charge is -2.31. The molecule has 1 aromatic heterocycles. The molecule has 1 amide bonds. The summed E-state index contributed by atoms with van der Waals surface area (Å²) in [4.78, 5) is 17.0. The zero-order valence-corrected chi connectivity index (χ0v) is 21.6. The Labute approximate surface area is 227 Å². The molecule has 2 heterocycles. The van der Waals surface area contributed by atoms with E-state index in [0.29, 0.717) is 16.9 Å². The standard InChI is InChI=1S/C28H27F4N3O5/c1-33-20-13-39-25-19(20)12-23(35-24(25)15-3-6-17(29)7-4-15)27(37,28(30,31)32)14-34-26(36)16-5-10-21(22(11-16)38-2)40-18-8-9-18/h3-7,10-12,18,20,33,37H,8-9,13-14H2,1-2H3,(H,34,36). The molecule has 2 aromatic carbocycles. The number of fused-ring (bicyclic) bond motifs is 1. The minimum absolute atomic E-state index is 0.00948. The molecule has 1 saturated carbocycles. The van der Waals surface area contributed by atoms with Gasteiger partial charge in [0, 0.05) is 16.7 Å². The lowest BCUT2D eigenvalue weighted by Crippen LogP contribution is -2.51. The van der Waals surface area contributed by atoms with Crippen LogP contribution in [0.25, 0.3) is 11.3 Å². The fourth-order valence-electron chi connectivity index (χ4n) is 4.39. The number of nitrogens with zero attached hydrogens (tertiary/aromatic N) is 1. The summed E-state index contributed by atoms with van der Waals surface area (Å²) in [6.07, 6.45) is -3.34. The maximum Gasteiger partial charge on any atom is 0.424 e. The van der Waals surface area contributed by atoms with Crippen LogP contribution >= 0.6 is 0 Å². The highest BCUT2D eigenvalue weighted by Crippen LogP contribution is 2.45. The Morgan fingerprint density at radius 2 is 1.85 bits per heavy atom.